The minimum Gasteiger partial charge on any atom is -0.342 e. The van der Waals surface area contributed by atoms with Gasteiger partial charge in [-0.05, 0) is 50.3 Å². The Morgan fingerprint density at radius 1 is 1.06 bits per heavy atom. The van der Waals surface area contributed by atoms with Crippen LogP contribution in [0.5, 0.6) is 0 Å². The molecule has 1 atom stereocenters. The molecule has 0 spiro atoms. The number of urea groups is 1. The minimum absolute atomic E-state index is 0.00923. The number of hydrogen-bond donors (Lipinski definition) is 2. The molecule has 1 aromatic rings. The van der Waals surface area contributed by atoms with E-state index >= 15 is 0 Å². The molecule has 174 valence electrons. The quantitative estimate of drug-likeness (QED) is 0.734. The number of nitrogens with zero attached hydrogens (tertiary/aromatic N) is 3. The Morgan fingerprint density at radius 3 is 2.41 bits per heavy atom. The second-order valence-electron chi connectivity index (χ2n) is 9.38. The van der Waals surface area contributed by atoms with Crippen LogP contribution in [-0.4, -0.2) is 77.9 Å². The molecule has 1 aromatic carbocycles. The fourth-order valence-corrected chi connectivity index (χ4v) is 5.01. The fourth-order valence-electron chi connectivity index (χ4n) is 5.01. The first-order valence-electron chi connectivity index (χ1n) is 11.9. The number of carbonyl (C=O) groups excluding carboxylic acids is 3. The molecule has 1 unspecified atom stereocenters. The van der Waals surface area contributed by atoms with Crippen LogP contribution in [0, 0.1) is 5.92 Å². The lowest BCUT2D eigenvalue weighted by atomic mass is 9.98. The van der Waals surface area contributed by atoms with Crippen molar-refractivity contribution in [2.24, 2.45) is 5.92 Å². The van der Waals surface area contributed by atoms with Crippen LogP contribution in [0.4, 0.5) is 10.5 Å². The lowest BCUT2D eigenvalue weighted by molar-refractivity contribution is -0.140. The molecule has 0 aliphatic carbocycles. The van der Waals surface area contributed by atoms with Gasteiger partial charge < -0.3 is 25.3 Å². The minimum atomic E-state index is -0.474. The summed E-state index contributed by atoms with van der Waals surface area (Å²) < 4.78 is 0. The van der Waals surface area contributed by atoms with Gasteiger partial charge in [-0.1, -0.05) is 25.1 Å². The lowest BCUT2D eigenvalue weighted by Crippen LogP contribution is -2.53. The lowest BCUT2D eigenvalue weighted by Gasteiger charge is -2.41. The molecule has 2 fully saturated rings. The first-order valence-corrected chi connectivity index (χ1v) is 11.9. The third-order valence-corrected chi connectivity index (χ3v) is 7.24. The topological polar surface area (TPSA) is 85.0 Å². The Kier molecular flexibility index (Phi) is 6.98. The van der Waals surface area contributed by atoms with Crippen LogP contribution in [0.1, 0.15) is 44.6 Å². The number of hydrogen-bond acceptors (Lipinski definition) is 4. The van der Waals surface area contributed by atoms with Crippen LogP contribution >= 0.6 is 0 Å². The van der Waals surface area contributed by atoms with Gasteiger partial charge >= 0.3 is 6.03 Å². The van der Waals surface area contributed by atoms with Gasteiger partial charge in [0.1, 0.15) is 0 Å². The van der Waals surface area contributed by atoms with Gasteiger partial charge in [0.25, 0.3) is 0 Å². The number of piperidine rings is 2. The highest BCUT2D eigenvalue weighted by Crippen LogP contribution is 2.27. The molecular weight excluding hydrogens is 406 g/mol. The van der Waals surface area contributed by atoms with E-state index in [1.54, 1.807) is 7.05 Å². The highest BCUT2D eigenvalue weighted by Gasteiger charge is 2.34. The van der Waals surface area contributed by atoms with Crippen molar-refractivity contribution < 1.29 is 14.4 Å². The predicted molar refractivity (Wildman–Crippen MR) is 123 cm³/mol. The number of rotatable bonds is 5. The van der Waals surface area contributed by atoms with Crippen LogP contribution in [-0.2, 0) is 16.1 Å². The smallest absolute Gasteiger partial charge is 0.322 e. The number of anilines is 1. The number of amides is 4. The van der Waals surface area contributed by atoms with Crippen LogP contribution in [0.3, 0.4) is 0 Å². The molecular formula is C24H35N5O3. The second-order valence-corrected chi connectivity index (χ2v) is 9.38. The van der Waals surface area contributed by atoms with Gasteiger partial charge in [-0.2, -0.15) is 0 Å². The van der Waals surface area contributed by atoms with Crippen molar-refractivity contribution in [1.82, 2.24) is 20.0 Å². The average Bonchev–Trinajstić information content (AvgIpc) is 2.82. The normalized spacial score (nSPS) is 21.2. The summed E-state index contributed by atoms with van der Waals surface area (Å²) in [5.74, 6) is 0.701. The van der Waals surface area contributed by atoms with E-state index in [9.17, 15) is 14.4 Å². The van der Waals surface area contributed by atoms with Crippen molar-refractivity contribution in [2.45, 2.75) is 57.7 Å². The van der Waals surface area contributed by atoms with Crippen LogP contribution < -0.4 is 10.6 Å². The van der Waals surface area contributed by atoms with E-state index in [1.165, 1.54) is 0 Å². The van der Waals surface area contributed by atoms with E-state index in [2.05, 4.69) is 17.6 Å². The van der Waals surface area contributed by atoms with Gasteiger partial charge in [0.15, 0.2) is 0 Å². The number of fused-ring (bicyclic) bond motifs is 1. The molecule has 0 aromatic heterocycles. The molecule has 3 aliphatic rings. The second kappa shape index (κ2) is 9.90. The Morgan fingerprint density at radius 2 is 1.72 bits per heavy atom. The molecule has 3 heterocycles. The molecule has 8 heteroatoms. The van der Waals surface area contributed by atoms with E-state index in [0.29, 0.717) is 25.6 Å². The zero-order chi connectivity index (χ0) is 22.7. The third kappa shape index (κ3) is 4.90. The molecule has 4 rings (SSSR count). The summed E-state index contributed by atoms with van der Waals surface area (Å²) in [6.07, 6.45) is 3.74. The van der Waals surface area contributed by atoms with Crippen molar-refractivity contribution in [3.8, 4) is 0 Å². The van der Waals surface area contributed by atoms with Gasteiger partial charge in [-0.25, -0.2) is 4.79 Å². The molecule has 3 aliphatic heterocycles. The summed E-state index contributed by atoms with van der Waals surface area (Å²) in [5, 5.41) is 6.03. The fraction of sp³-hybridized carbons (Fsp3) is 0.625. The number of carbonyl (C=O) groups is 3. The van der Waals surface area contributed by atoms with Gasteiger partial charge in [0, 0.05) is 44.5 Å². The zero-order valence-electron chi connectivity index (χ0n) is 19.2. The van der Waals surface area contributed by atoms with Gasteiger partial charge in [-0.3, -0.25) is 9.59 Å². The molecule has 0 bridgehead atoms. The molecule has 2 N–H and O–H groups in total. The van der Waals surface area contributed by atoms with Crippen LogP contribution in [0.2, 0.25) is 0 Å². The first kappa shape index (κ1) is 22.6. The Labute approximate surface area is 190 Å². The van der Waals surface area contributed by atoms with E-state index in [-0.39, 0.29) is 30.3 Å². The van der Waals surface area contributed by atoms with Crippen molar-refractivity contribution in [2.75, 3.05) is 38.5 Å². The SMILES string of the molecule is CNC(CC(=O)N1CCC(N2Cc3ccccc3NC2=O)CC1)C(=O)N1CCC(C)CC1. The number of benzene rings is 1. The summed E-state index contributed by atoms with van der Waals surface area (Å²) in [7, 11) is 1.75. The maximum absolute atomic E-state index is 12.9. The highest BCUT2D eigenvalue weighted by molar-refractivity contribution is 5.92. The van der Waals surface area contributed by atoms with E-state index < -0.39 is 6.04 Å². The van der Waals surface area contributed by atoms with E-state index in [4.69, 9.17) is 0 Å². The van der Waals surface area contributed by atoms with Crippen molar-refractivity contribution in [3.05, 3.63) is 29.8 Å². The highest BCUT2D eigenvalue weighted by atomic mass is 16.2. The number of likely N-dealkylation sites (tertiary alicyclic amines) is 2. The molecule has 8 nitrogen and oxygen atoms in total. The van der Waals surface area contributed by atoms with Gasteiger partial charge in [0.2, 0.25) is 11.8 Å². The van der Waals surface area contributed by atoms with Crippen molar-refractivity contribution in [1.29, 1.82) is 0 Å². The predicted octanol–water partition coefficient (Wildman–Crippen LogP) is 2.26. The molecule has 2 saturated heterocycles. The van der Waals surface area contributed by atoms with Crippen molar-refractivity contribution in [3.63, 3.8) is 0 Å². The Balaban J connectivity index is 1.28. The number of para-hydroxylation sites is 1. The summed E-state index contributed by atoms with van der Waals surface area (Å²) in [5.41, 5.74) is 2.00. The largest absolute Gasteiger partial charge is 0.342 e. The zero-order valence-corrected chi connectivity index (χ0v) is 19.2. The first-order chi connectivity index (χ1) is 15.5. The number of nitrogens with one attached hydrogen (secondary N) is 2. The van der Waals surface area contributed by atoms with Gasteiger partial charge in [0.05, 0.1) is 12.5 Å². The van der Waals surface area contributed by atoms with Crippen LogP contribution in [0.25, 0.3) is 0 Å². The van der Waals surface area contributed by atoms with Crippen molar-refractivity contribution >= 4 is 23.5 Å². The Hall–Kier alpha value is -2.61. The van der Waals surface area contributed by atoms with Crippen LogP contribution in [0.15, 0.2) is 24.3 Å². The summed E-state index contributed by atoms with van der Waals surface area (Å²) in [6, 6.07) is 7.45. The van der Waals surface area contributed by atoms with E-state index in [1.807, 2.05) is 39.0 Å². The Bertz CT molecular complexity index is 844. The monoisotopic (exact) mass is 441 g/mol. The molecule has 0 radical (unpaired) electrons. The average molecular weight is 442 g/mol. The standard InChI is InChI=1S/C24H35N5O3/c1-17-7-11-28(12-8-17)23(31)21(25-2)15-22(30)27-13-9-19(10-14-27)29-16-18-5-3-4-6-20(18)26-24(29)32/h3-6,17,19,21,25H,7-16H2,1-2H3,(H,26,32). The van der Waals surface area contributed by atoms with Gasteiger partial charge in [-0.15, -0.1) is 0 Å². The maximum Gasteiger partial charge on any atom is 0.322 e. The molecule has 32 heavy (non-hydrogen) atoms. The summed E-state index contributed by atoms with van der Waals surface area (Å²) >= 11 is 0. The summed E-state index contributed by atoms with van der Waals surface area (Å²) in [4.78, 5) is 44.1. The molecule has 4 amide bonds. The maximum atomic E-state index is 12.9. The summed E-state index contributed by atoms with van der Waals surface area (Å²) in [6.45, 7) is 5.60. The third-order valence-electron chi connectivity index (χ3n) is 7.24. The number of likely N-dealkylation sites (N-methyl/N-ethyl adjacent to an activating group) is 1. The molecule has 0 saturated carbocycles. The van der Waals surface area contributed by atoms with E-state index in [0.717, 1.165) is 50.0 Å².